The lowest BCUT2D eigenvalue weighted by Gasteiger charge is -1.91. The van der Waals surface area contributed by atoms with Gasteiger partial charge in [0.05, 0.1) is 12.0 Å². The summed E-state index contributed by atoms with van der Waals surface area (Å²) < 4.78 is 1.90. The van der Waals surface area contributed by atoms with Crippen LogP contribution in [0.3, 0.4) is 0 Å². The third-order valence-electron chi connectivity index (χ3n) is 1.30. The Kier molecular flexibility index (Phi) is 2.44. The quantitative estimate of drug-likeness (QED) is 0.678. The van der Waals surface area contributed by atoms with Crippen molar-refractivity contribution in [2.45, 2.75) is 13.0 Å². The molecule has 0 aromatic carbocycles. The van der Waals surface area contributed by atoms with Gasteiger partial charge in [0.1, 0.15) is 0 Å². The average Bonchev–Trinajstić information content (AvgIpc) is 2.31. The summed E-state index contributed by atoms with van der Waals surface area (Å²) in [5.41, 5.74) is 6.47. The number of hydrogen-bond donors (Lipinski definition) is 1. The van der Waals surface area contributed by atoms with Gasteiger partial charge in [0.2, 0.25) is 0 Å². The first kappa shape index (κ1) is 8.01. The highest BCUT2D eigenvalue weighted by Crippen LogP contribution is 1.97. The van der Waals surface area contributed by atoms with Crippen molar-refractivity contribution in [3.05, 3.63) is 24.3 Å². The predicted molar refractivity (Wildman–Crippen MR) is 45.9 cm³/mol. The van der Waals surface area contributed by atoms with E-state index in [4.69, 9.17) is 5.73 Å². The van der Waals surface area contributed by atoms with Gasteiger partial charge in [0, 0.05) is 19.3 Å². The molecular formula is C8H13N3. The molecule has 0 saturated heterocycles. The van der Waals surface area contributed by atoms with Gasteiger partial charge in [-0.15, -0.1) is 0 Å². The number of rotatable bonds is 2. The fraction of sp³-hybridized carbons (Fsp3) is 0.375. The van der Waals surface area contributed by atoms with Crippen molar-refractivity contribution in [1.29, 1.82) is 0 Å². The molecule has 1 aromatic heterocycles. The van der Waals surface area contributed by atoms with Crippen LogP contribution in [-0.2, 0) is 7.05 Å². The van der Waals surface area contributed by atoms with E-state index in [2.05, 4.69) is 4.98 Å². The van der Waals surface area contributed by atoms with Gasteiger partial charge in [-0.3, -0.25) is 0 Å². The summed E-state index contributed by atoms with van der Waals surface area (Å²) in [5, 5.41) is 0. The van der Waals surface area contributed by atoms with E-state index in [0.29, 0.717) is 0 Å². The molecule has 0 spiro atoms. The molecule has 1 atom stereocenters. The Labute approximate surface area is 66.5 Å². The van der Waals surface area contributed by atoms with Gasteiger partial charge < -0.3 is 10.3 Å². The fourth-order valence-electron chi connectivity index (χ4n) is 0.769. The van der Waals surface area contributed by atoms with Gasteiger partial charge in [0.25, 0.3) is 0 Å². The van der Waals surface area contributed by atoms with Crippen molar-refractivity contribution in [3.63, 3.8) is 0 Å². The molecule has 1 heterocycles. The van der Waals surface area contributed by atoms with Gasteiger partial charge in [-0.2, -0.15) is 0 Å². The smallest absolute Gasteiger partial charge is 0.0950 e. The summed E-state index contributed by atoms with van der Waals surface area (Å²) in [6.45, 7) is 1.93. The fourth-order valence-corrected chi connectivity index (χ4v) is 0.769. The maximum atomic E-state index is 5.53. The van der Waals surface area contributed by atoms with Crippen molar-refractivity contribution in [2.24, 2.45) is 12.8 Å². The third kappa shape index (κ3) is 2.55. The maximum Gasteiger partial charge on any atom is 0.0950 e. The highest BCUT2D eigenvalue weighted by Gasteiger charge is 1.90. The number of hydrogen-bond acceptors (Lipinski definition) is 2. The molecule has 1 rings (SSSR count). The molecule has 3 nitrogen and oxygen atoms in total. The molecule has 0 saturated carbocycles. The topological polar surface area (TPSA) is 43.8 Å². The number of aryl methyl sites for hydroxylation is 1. The lowest BCUT2D eigenvalue weighted by atomic mass is 10.3. The van der Waals surface area contributed by atoms with Crippen molar-refractivity contribution < 1.29 is 0 Å². The molecule has 0 fully saturated rings. The zero-order valence-corrected chi connectivity index (χ0v) is 6.86. The van der Waals surface area contributed by atoms with Crippen LogP contribution in [-0.4, -0.2) is 15.6 Å². The largest absolute Gasteiger partial charge is 0.340 e. The van der Waals surface area contributed by atoms with E-state index in [0.717, 1.165) is 5.69 Å². The normalized spacial score (nSPS) is 14.1. The lowest BCUT2D eigenvalue weighted by molar-refractivity contribution is 0.913. The molecule has 3 heteroatoms. The summed E-state index contributed by atoms with van der Waals surface area (Å²) in [6, 6.07) is 0.0945. The second kappa shape index (κ2) is 3.34. The predicted octanol–water partition coefficient (Wildman–Crippen LogP) is 0.781. The van der Waals surface area contributed by atoms with E-state index in [1.54, 1.807) is 6.33 Å². The van der Waals surface area contributed by atoms with Crippen LogP contribution in [0.25, 0.3) is 6.08 Å². The van der Waals surface area contributed by atoms with Crippen molar-refractivity contribution >= 4 is 6.08 Å². The van der Waals surface area contributed by atoms with Crippen LogP contribution in [0.2, 0.25) is 0 Å². The summed E-state index contributed by atoms with van der Waals surface area (Å²) in [6.07, 6.45) is 7.55. The Morgan fingerprint density at radius 3 is 2.91 bits per heavy atom. The molecular weight excluding hydrogens is 138 g/mol. The molecule has 0 aliphatic heterocycles. The SMILES string of the molecule is CC(N)/C=C/c1cn(C)cn1. The molecule has 0 radical (unpaired) electrons. The minimum atomic E-state index is 0.0945. The lowest BCUT2D eigenvalue weighted by Crippen LogP contribution is -2.09. The molecule has 2 N–H and O–H groups in total. The van der Waals surface area contributed by atoms with E-state index in [-0.39, 0.29) is 6.04 Å². The monoisotopic (exact) mass is 151 g/mol. The summed E-state index contributed by atoms with van der Waals surface area (Å²) in [4.78, 5) is 4.11. The van der Waals surface area contributed by atoms with Gasteiger partial charge in [-0.05, 0) is 13.0 Å². The highest BCUT2D eigenvalue weighted by atomic mass is 15.0. The zero-order valence-electron chi connectivity index (χ0n) is 6.86. The van der Waals surface area contributed by atoms with E-state index in [1.165, 1.54) is 0 Å². The van der Waals surface area contributed by atoms with E-state index >= 15 is 0 Å². The summed E-state index contributed by atoms with van der Waals surface area (Å²) in [7, 11) is 1.94. The van der Waals surface area contributed by atoms with Crippen molar-refractivity contribution in [1.82, 2.24) is 9.55 Å². The van der Waals surface area contributed by atoms with Crippen molar-refractivity contribution in [2.75, 3.05) is 0 Å². The highest BCUT2D eigenvalue weighted by molar-refractivity contribution is 5.43. The molecule has 0 aliphatic carbocycles. The molecule has 60 valence electrons. The second-order valence-corrected chi connectivity index (χ2v) is 2.68. The van der Waals surface area contributed by atoms with Gasteiger partial charge in [-0.1, -0.05) is 6.08 Å². The van der Waals surface area contributed by atoms with Gasteiger partial charge >= 0.3 is 0 Å². The first-order valence-electron chi connectivity index (χ1n) is 3.60. The number of aromatic nitrogens is 2. The van der Waals surface area contributed by atoms with Crippen LogP contribution < -0.4 is 5.73 Å². The first-order chi connectivity index (χ1) is 5.18. The molecule has 0 aliphatic rings. The summed E-state index contributed by atoms with van der Waals surface area (Å²) >= 11 is 0. The van der Waals surface area contributed by atoms with Gasteiger partial charge in [0.15, 0.2) is 0 Å². The minimum absolute atomic E-state index is 0.0945. The van der Waals surface area contributed by atoms with Crippen LogP contribution in [0.15, 0.2) is 18.6 Å². The Morgan fingerprint density at radius 2 is 2.45 bits per heavy atom. The zero-order chi connectivity index (χ0) is 8.27. The van der Waals surface area contributed by atoms with Crippen LogP contribution >= 0.6 is 0 Å². The number of nitrogens with two attached hydrogens (primary N) is 1. The Hall–Kier alpha value is -1.09. The van der Waals surface area contributed by atoms with E-state index in [9.17, 15) is 0 Å². The van der Waals surface area contributed by atoms with E-state index < -0.39 is 0 Å². The Balaban J connectivity index is 2.64. The first-order valence-corrected chi connectivity index (χ1v) is 3.60. The Morgan fingerprint density at radius 1 is 1.73 bits per heavy atom. The average molecular weight is 151 g/mol. The molecule has 11 heavy (non-hydrogen) atoms. The molecule has 0 amide bonds. The maximum absolute atomic E-state index is 5.53. The van der Waals surface area contributed by atoms with Crippen LogP contribution in [0.5, 0.6) is 0 Å². The number of nitrogens with zero attached hydrogens (tertiary/aromatic N) is 2. The Bertz CT molecular complexity index is 248. The number of imidazole rings is 1. The molecule has 0 bridgehead atoms. The molecule has 1 unspecified atom stereocenters. The van der Waals surface area contributed by atoms with Crippen LogP contribution in [0.1, 0.15) is 12.6 Å². The second-order valence-electron chi connectivity index (χ2n) is 2.68. The third-order valence-corrected chi connectivity index (χ3v) is 1.30. The standard InChI is InChI=1S/C8H13N3/c1-7(9)3-4-8-5-11(2)6-10-8/h3-7H,9H2,1-2H3/b4-3+. The summed E-state index contributed by atoms with van der Waals surface area (Å²) in [5.74, 6) is 0. The minimum Gasteiger partial charge on any atom is -0.340 e. The van der Waals surface area contributed by atoms with Crippen LogP contribution in [0.4, 0.5) is 0 Å². The van der Waals surface area contributed by atoms with Crippen molar-refractivity contribution in [3.8, 4) is 0 Å². The molecule has 1 aromatic rings. The van der Waals surface area contributed by atoms with Gasteiger partial charge in [-0.25, -0.2) is 4.98 Å². The van der Waals surface area contributed by atoms with E-state index in [1.807, 2.05) is 36.9 Å². The van der Waals surface area contributed by atoms with Crippen LogP contribution in [0, 0.1) is 0 Å².